The number of ether oxygens (including phenoxy) is 1. The fraction of sp³-hybridized carbons (Fsp3) is 0.500. The van der Waals surface area contributed by atoms with Crippen molar-refractivity contribution in [3.63, 3.8) is 0 Å². The third kappa shape index (κ3) is 5.27. The lowest BCUT2D eigenvalue weighted by molar-refractivity contribution is -0.132. The minimum atomic E-state index is -0.192. The lowest BCUT2D eigenvalue weighted by Gasteiger charge is -2.39. The van der Waals surface area contributed by atoms with Gasteiger partial charge in [0.1, 0.15) is 0 Å². The van der Waals surface area contributed by atoms with Crippen LogP contribution in [0.1, 0.15) is 31.2 Å². The molecule has 0 aromatic heterocycles. The highest BCUT2D eigenvalue weighted by Gasteiger charge is 2.31. The van der Waals surface area contributed by atoms with Crippen LogP contribution in [0.2, 0.25) is 0 Å². The van der Waals surface area contributed by atoms with E-state index in [1.54, 1.807) is 11.8 Å². The second kappa shape index (κ2) is 9.67. The number of piperidine rings is 1. The van der Waals surface area contributed by atoms with Crippen molar-refractivity contribution in [2.24, 2.45) is 0 Å². The van der Waals surface area contributed by atoms with Crippen LogP contribution in [0.4, 0.5) is 4.79 Å². The van der Waals surface area contributed by atoms with Crippen molar-refractivity contribution >= 4 is 29.8 Å². The lowest BCUT2D eigenvalue weighted by atomic mass is 10.0. The molecule has 0 radical (unpaired) electrons. The first-order valence-corrected chi connectivity index (χ1v) is 10.3. The largest absolute Gasteiger partial charge is 0.449 e. The number of carbonyl (C=O) groups is 2. The van der Waals surface area contributed by atoms with Crippen LogP contribution in [-0.4, -0.2) is 59.8 Å². The smallest absolute Gasteiger partial charge is 0.410 e. The Morgan fingerprint density at radius 1 is 1.19 bits per heavy atom. The number of hydrogen-bond acceptors (Lipinski definition) is 4. The summed E-state index contributed by atoms with van der Waals surface area (Å²) in [5, 5.41) is 2.05. The van der Waals surface area contributed by atoms with Crippen molar-refractivity contribution in [1.82, 2.24) is 9.80 Å². The van der Waals surface area contributed by atoms with E-state index in [0.717, 1.165) is 44.6 Å². The van der Waals surface area contributed by atoms with Gasteiger partial charge >= 0.3 is 6.09 Å². The normalized spacial score (nSPS) is 19.0. The van der Waals surface area contributed by atoms with Gasteiger partial charge in [-0.15, -0.1) is 11.8 Å². The Labute approximate surface area is 159 Å². The Morgan fingerprint density at radius 2 is 1.96 bits per heavy atom. The van der Waals surface area contributed by atoms with E-state index in [1.807, 2.05) is 28.0 Å². The van der Waals surface area contributed by atoms with Crippen LogP contribution in [0.3, 0.4) is 0 Å². The zero-order chi connectivity index (χ0) is 18.2. The number of nitrogens with zero attached hydrogens (tertiary/aromatic N) is 2. The molecule has 3 rings (SSSR count). The van der Waals surface area contributed by atoms with Crippen LogP contribution in [0, 0.1) is 0 Å². The fourth-order valence-electron chi connectivity index (χ4n) is 3.39. The minimum Gasteiger partial charge on any atom is -0.449 e. The van der Waals surface area contributed by atoms with Crippen molar-refractivity contribution < 1.29 is 14.3 Å². The number of amides is 2. The molecule has 0 unspecified atom stereocenters. The molecule has 140 valence electrons. The van der Waals surface area contributed by atoms with Crippen molar-refractivity contribution in [2.75, 3.05) is 32.0 Å². The Hall–Kier alpha value is -1.95. The summed E-state index contributed by atoms with van der Waals surface area (Å²) in [6.45, 7) is 2.78. The number of thioether (sulfide) groups is 1. The van der Waals surface area contributed by atoms with Crippen molar-refractivity contribution in [3.05, 3.63) is 41.3 Å². The van der Waals surface area contributed by atoms with Gasteiger partial charge in [-0.25, -0.2) is 4.79 Å². The molecule has 0 atom stereocenters. The fourth-order valence-corrected chi connectivity index (χ4v) is 4.07. The summed E-state index contributed by atoms with van der Waals surface area (Å²) in [5.41, 5.74) is 1.17. The Kier molecular flexibility index (Phi) is 7.00. The third-order valence-corrected chi connectivity index (χ3v) is 5.62. The SMILES string of the molecule is O=C(CCSC=Cc1ccccc1)N1CCC(N2CCCOC2=O)CC1. The summed E-state index contributed by atoms with van der Waals surface area (Å²) in [4.78, 5) is 28.0. The molecular formula is C20H26N2O3S. The summed E-state index contributed by atoms with van der Waals surface area (Å²) in [6, 6.07) is 10.4. The van der Waals surface area contributed by atoms with Gasteiger partial charge in [-0.2, -0.15) is 0 Å². The molecule has 0 N–H and O–H groups in total. The van der Waals surface area contributed by atoms with E-state index in [2.05, 4.69) is 23.6 Å². The summed E-state index contributed by atoms with van der Waals surface area (Å²) in [7, 11) is 0. The highest BCUT2D eigenvalue weighted by atomic mass is 32.2. The molecule has 2 amide bonds. The maximum absolute atomic E-state index is 12.4. The lowest BCUT2D eigenvalue weighted by Crippen LogP contribution is -2.50. The first-order valence-electron chi connectivity index (χ1n) is 9.28. The van der Waals surface area contributed by atoms with Gasteiger partial charge < -0.3 is 14.5 Å². The summed E-state index contributed by atoms with van der Waals surface area (Å²) in [6.07, 6.45) is 5.03. The van der Waals surface area contributed by atoms with Crippen LogP contribution >= 0.6 is 11.8 Å². The Balaban J connectivity index is 1.34. The van der Waals surface area contributed by atoms with Crippen LogP contribution in [-0.2, 0) is 9.53 Å². The molecule has 0 saturated carbocycles. The van der Waals surface area contributed by atoms with Gasteiger partial charge in [0.2, 0.25) is 5.91 Å². The van der Waals surface area contributed by atoms with E-state index in [4.69, 9.17) is 4.74 Å². The van der Waals surface area contributed by atoms with Crippen LogP contribution in [0.15, 0.2) is 35.7 Å². The Morgan fingerprint density at radius 3 is 2.69 bits per heavy atom. The number of benzene rings is 1. The standard InChI is InChI=1S/C20H26N2O3S/c23-19(10-16-26-15-9-17-5-2-1-3-6-17)21-12-7-18(8-13-21)22-11-4-14-25-20(22)24/h1-3,5-6,9,15,18H,4,7-8,10-14,16H2. The van der Waals surface area contributed by atoms with E-state index >= 15 is 0 Å². The summed E-state index contributed by atoms with van der Waals surface area (Å²) < 4.78 is 5.12. The average Bonchev–Trinajstić information content (AvgIpc) is 2.69. The number of cyclic esters (lactones) is 1. The number of carbonyl (C=O) groups excluding carboxylic acids is 2. The molecule has 26 heavy (non-hydrogen) atoms. The van der Waals surface area contributed by atoms with Crippen molar-refractivity contribution in [3.8, 4) is 0 Å². The van der Waals surface area contributed by atoms with Gasteiger partial charge in [-0.1, -0.05) is 30.3 Å². The van der Waals surface area contributed by atoms with Gasteiger partial charge in [0.05, 0.1) is 6.61 Å². The van der Waals surface area contributed by atoms with Crippen molar-refractivity contribution in [2.45, 2.75) is 31.7 Å². The molecule has 0 aliphatic carbocycles. The molecule has 2 heterocycles. The second-order valence-corrected chi connectivity index (χ2v) is 7.62. The summed E-state index contributed by atoms with van der Waals surface area (Å²) in [5.74, 6) is 1.01. The number of rotatable bonds is 6. The predicted octanol–water partition coefficient (Wildman–Crippen LogP) is 3.61. The highest BCUT2D eigenvalue weighted by Crippen LogP contribution is 2.21. The zero-order valence-electron chi connectivity index (χ0n) is 15.0. The van der Waals surface area contributed by atoms with E-state index in [-0.39, 0.29) is 18.0 Å². The molecule has 0 spiro atoms. The molecule has 2 saturated heterocycles. The van der Waals surface area contributed by atoms with Gasteiger partial charge in [-0.05, 0) is 36.3 Å². The average molecular weight is 375 g/mol. The monoisotopic (exact) mass is 374 g/mol. The molecular weight excluding hydrogens is 348 g/mol. The molecule has 2 fully saturated rings. The van der Waals surface area contributed by atoms with Crippen LogP contribution < -0.4 is 0 Å². The molecule has 1 aromatic carbocycles. The minimum absolute atomic E-state index is 0.192. The maximum Gasteiger partial charge on any atom is 0.410 e. The van der Waals surface area contributed by atoms with Crippen LogP contribution in [0.25, 0.3) is 6.08 Å². The van der Waals surface area contributed by atoms with Gasteiger partial charge in [0, 0.05) is 37.8 Å². The number of likely N-dealkylation sites (tertiary alicyclic amines) is 1. The third-order valence-electron chi connectivity index (χ3n) is 4.85. The predicted molar refractivity (Wildman–Crippen MR) is 105 cm³/mol. The summed E-state index contributed by atoms with van der Waals surface area (Å²) >= 11 is 1.67. The number of hydrogen-bond donors (Lipinski definition) is 0. The molecule has 2 aliphatic heterocycles. The van der Waals surface area contributed by atoms with Gasteiger partial charge in [-0.3, -0.25) is 4.79 Å². The van der Waals surface area contributed by atoms with Gasteiger partial charge in [0.25, 0.3) is 0 Å². The molecule has 2 aliphatic rings. The first-order chi connectivity index (χ1) is 12.7. The molecule has 6 heteroatoms. The van der Waals surface area contributed by atoms with E-state index < -0.39 is 0 Å². The molecule has 0 bridgehead atoms. The van der Waals surface area contributed by atoms with E-state index in [1.165, 1.54) is 5.56 Å². The first kappa shape index (κ1) is 18.8. The highest BCUT2D eigenvalue weighted by molar-refractivity contribution is 8.02. The topological polar surface area (TPSA) is 49.9 Å². The van der Waals surface area contributed by atoms with Gasteiger partial charge in [0.15, 0.2) is 0 Å². The Bertz CT molecular complexity index is 627. The molecule has 1 aromatic rings. The second-order valence-electron chi connectivity index (χ2n) is 6.61. The zero-order valence-corrected chi connectivity index (χ0v) is 15.8. The maximum atomic E-state index is 12.4. The van der Waals surface area contributed by atoms with Crippen molar-refractivity contribution in [1.29, 1.82) is 0 Å². The quantitative estimate of drug-likeness (QED) is 0.714. The van der Waals surface area contributed by atoms with E-state index in [9.17, 15) is 9.59 Å². The van der Waals surface area contributed by atoms with E-state index in [0.29, 0.717) is 13.0 Å². The molecule has 5 nitrogen and oxygen atoms in total. The van der Waals surface area contributed by atoms with Crippen LogP contribution in [0.5, 0.6) is 0 Å².